The Morgan fingerprint density at radius 3 is 2.85 bits per heavy atom. The first-order valence-electron chi connectivity index (χ1n) is 8.47. The van der Waals surface area contributed by atoms with Gasteiger partial charge < -0.3 is 20.1 Å². The smallest absolute Gasteiger partial charge is 0.179 e. The summed E-state index contributed by atoms with van der Waals surface area (Å²) in [6.45, 7) is 3.06. The number of rotatable bonds is 3. The number of halogens is 2. The van der Waals surface area contributed by atoms with E-state index in [1.165, 1.54) is 34.8 Å². The van der Waals surface area contributed by atoms with Gasteiger partial charge in [-0.05, 0) is 55.6 Å². The summed E-state index contributed by atoms with van der Waals surface area (Å²) < 4.78 is 5.23. The molecule has 2 aromatic carbocycles. The SMILES string of the molecule is COc1c(O)ccc(CC2NCCc3c2[nH]c2ccc(C)cc32)c1Cl.Cl. The molecule has 0 amide bonds. The molecule has 0 aliphatic carbocycles. The third-order valence-corrected chi connectivity index (χ3v) is 5.41. The van der Waals surface area contributed by atoms with Crippen LogP contribution in [0.4, 0.5) is 0 Å². The van der Waals surface area contributed by atoms with Crippen molar-refractivity contribution in [3.8, 4) is 11.5 Å². The lowest BCUT2D eigenvalue weighted by atomic mass is 9.94. The molecule has 4 nitrogen and oxygen atoms in total. The third-order valence-electron chi connectivity index (χ3n) is 4.99. The summed E-state index contributed by atoms with van der Waals surface area (Å²) in [5.41, 5.74) is 6.03. The molecule has 26 heavy (non-hydrogen) atoms. The van der Waals surface area contributed by atoms with Crippen LogP contribution in [0.1, 0.15) is 28.4 Å². The molecule has 0 fully saturated rings. The number of hydrogen-bond acceptors (Lipinski definition) is 3. The molecular formula is C20H22Cl2N2O2. The second-order valence-electron chi connectivity index (χ2n) is 6.62. The van der Waals surface area contributed by atoms with Crippen LogP contribution >= 0.6 is 24.0 Å². The Kier molecular flexibility index (Phi) is 5.37. The highest BCUT2D eigenvalue weighted by Gasteiger charge is 2.25. The van der Waals surface area contributed by atoms with E-state index >= 15 is 0 Å². The van der Waals surface area contributed by atoms with Crippen LogP contribution < -0.4 is 10.1 Å². The normalized spacial score (nSPS) is 16.2. The predicted molar refractivity (Wildman–Crippen MR) is 108 cm³/mol. The van der Waals surface area contributed by atoms with E-state index in [4.69, 9.17) is 16.3 Å². The van der Waals surface area contributed by atoms with Crippen molar-refractivity contribution in [2.75, 3.05) is 13.7 Å². The van der Waals surface area contributed by atoms with Crippen molar-refractivity contribution >= 4 is 34.9 Å². The monoisotopic (exact) mass is 392 g/mol. The lowest BCUT2D eigenvalue weighted by Crippen LogP contribution is -2.31. The topological polar surface area (TPSA) is 57.3 Å². The summed E-state index contributed by atoms with van der Waals surface area (Å²) in [5.74, 6) is 0.400. The highest BCUT2D eigenvalue weighted by atomic mass is 35.5. The molecule has 6 heteroatoms. The Bertz CT molecular complexity index is 953. The predicted octanol–water partition coefficient (Wildman–Crippen LogP) is 4.70. The summed E-state index contributed by atoms with van der Waals surface area (Å²) in [6.07, 6.45) is 1.75. The van der Waals surface area contributed by atoms with E-state index in [9.17, 15) is 5.11 Å². The fraction of sp³-hybridized carbons (Fsp3) is 0.300. The summed E-state index contributed by atoms with van der Waals surface area (Å²) >= 11 is 6.44. The number of ether oxygens (including phenoxy) is 1. The summed E-state index contributed by atoms with van der Waals surface area (Å²) in [6, 6.07) is 10.2. The molecule has 3 N–H and O–H groups in total. The van der Waals surface area contributed by atoms with Gasteiger partial charge in [0.25, 0.3) is 0 Å². The number of H-pyrrole nitrogens is 1. The van der Waals surface area contributed by atoms with Crippen molar-refractivity contribution in [3.05, 3.63) is 57.7 Å². The molecule has 2 heterocycles. The maximum Gasteiger partial charge on any atom is 0.179 e. The maximum atomic E-state index is 9.87. The van der Waals surface area contributed by atoms with E-state index in [0.29, 0.717) is 10.8 Å². The Labute approximate surface area is 163 Å². The molecule has 0 saturated carbocycles. The van der Waals surface area contributed by atoms with Gasteiger partial charge in [0.2, 0.25) is 0 Å². The van der Waals surface area contributed by atoms with E-state index in [-0.39, 0.29) is 24.2 Å². The molecule has 0 bridgehead atoms. The van der Waals surface area contributed by atoms with Crippen molar-refractivity contribution in [2.24, 2.45) is 0 Å². The second-order valence-corrected chi connectivity index (χ2v) is 7.00. The Morgan fingerprint density at radius 2 is 2.08 bits per heavy atom. The number of phenolic OH excluding ortho intramolecular Hbond substituents is 1. The van der Waals surface area contributed by atoms with Crippen LogP contribution in [-0.4, -0.2) is 23.7 Å². The van der Waals surface area contributed by atoms with E-state index in [1.807, 2.05) is 6.07 Å². The Balaban J connectivity index is 0.00000196. The quantitative estimate of drug-likeness (QED) is 0.605. The molecule has 1 unspecified atom stereocenters. The van der Waals surface area contributed by atoms with Gasteiger partial charge in [0.05, 0.1) is 18.2 Å². The minimum absolute atomic E-state index is 0. The number of hydrogen-bond donors (Lipinski definition) is 3. The van der Waals surface area contributed by atoms with Crippen molar-refractivity contribution in [2.45, 2.75) is 25.8 Å². The van der Waals surface area contributed by atoms with Gasteiger partial charge in [-0.2, -0.15) is 0 Å². The molecule has 1 aromatic heterocycles. The molecule has 1 aliphatic heterocycles. The third kappa shape index (κ3) is 3.13. The van der Waals surface area contributed by atoms with Gasteiger partial charge in [-0.15, -0.1) is 12.4 Å². The zero-order valence-corrected chi connectivity index (χ0v) is 16.3. The maximum absolute atomic E-state index is 9.87. The summed E-state index contributed by atoms with van der Waals surface area (Å²) in [5, 5.41) is 15.2. The molecule has 4 rings (SSSR count). The van der Waals surface area contributed by atoms with Crippen LogP contribution in [-0.2, 0) is 12.8 Å². The molecule has 0 saturated heterocycles. The largest absolute Gasteiger partial charge is 0.504 e. The average molecular weight is 393 g/mol. The van der Waals surface area contributed by atoms with Crippen molar-refractivity contribution < 1.29 is 9.84 Å². The minimum Gasteiger partial charge on any atom is -0.504 e. The highest BCUT2D eigenvalue weighted by molar-refractivity contribution is 6.33. The first-order valence-corrected chi connectivity index (χ1v) is 8.85. The second kappa shape index (κ2) is 7.39. The van der Waals surface area contributed by atoms with Crippen LogP contribution in [0, 0.1) is 6.92 Å². The number of phenols is 1. The molecule has 3 aromatic rings. The number of benzene rings is 2. The van der Waals surface area contributed by atoms with E-state index < -0.39 is 0 Å². The first kappa shape index (κ1) is 18.9. The number of aromatic nitrogens is 1. The number of methoxy groups -OCH3 is 1. The Morgan fingerprint density at radius 1 is 1.27 bits per heavy atom. The van der Waals surface area contributed by atoms with Gasteiger partial charge in [0.15, 0.2) is 11.5 Å². The molecule has 138 valence electrons. The van der Waals surface area contributed by atoms with E-state index in [2.05, 4.69) is 35.4 Å². The van der Waals surface area contributed by atoms with Crippen LogP contribution in [0.15, 0.2) is 30.3 Å². The van der Waals surface area contributed by atoms with Crippen molar-refractivity contribution in [1.29, 1.82) is 0 Å². The lowest BCUT2D eigenvalue weighted by molar-refractivity contribution is 0.372. The van der Waals surface area contributed by atoms with Gasteiger partial charge in [-0.25, -0.2) is 0 Å². The van der Waals surface area contributed by atoms with Crippen LogP contribution in [0.3, 0.4) is 0 Å². The van der Waals surface area contributed by atoms with Gasteiger partial charge in [-0.3, -0.25) is 0 Å². The van der Waals surface area contributed by atoms with Gasteiger partial charge in [0, 0.05) is 16.6 Å². The van der Waals surface area contributed by atoms with Crippen LogP contribution in [0.2, 0.25) is 5.02 Å². The molecule has 1 aliphatic rings. The van der Waals surface area contributed by atoms with E-state index in [0.717, 1.165) is 24.9 Å². The van der Waals surface area contributed by atoms with Crippen LogP contribution in [0.5, 0.6) is 11.5 Å². The number of fused-ring (bicyclic) bond motifs is 3. The average Bonchev–Trinajstić information content (AvgIpc) is 2.97. The molecule has 1 atom stereocenters. The molecular weight excluding hydrogens is 371 g/mol. The highest BCUT2D eigenvalue weighted by Crippen LogP contribution is 2.39. The zero-order valence-electron chi connectivity index (χ0n) is 14.7. The zero-order chi connectivity index (χ0) is 17.6. The number of aromatic amines is 1. The van der Waals surface area contributed by atoms with Gasteiger partial charge in [0.1, 0.15) is 0 Å². The molecule has 0 spiro atoms. The first-order chi connectivity index (χ1) is 12.1. The standard InChI is InChI=1S/C20H21ClN2O2.ClH/c1-11-3-5-15-14(9-11)13-7-8-22-16(19(13)23-15)10-12-4-6-17(24)20(25-2)18(12)21;/h3-6,9,16,22-24H,7-8,10H2,1-2H3;1H. The Hall–Kier alpha value is -1.88. The fourth-order valence-corrected chi connectivity index (χ4v) is 4.07. The summed E-state index contributed by atoms with van der Waals surface area (Å²) in [4.78, 5) is 3.59. The van der Waals surface area contributed by atoms with Gasteiger partial charge >= 0.3 is 0 Å². The van der Waals surface area contributed by atoms with Crippen molar-refractivity contribution in [3.63, 3.8) is 0 Å². The summed E-state index contributed by atoms with van der Waals surface area (Å²) in [7, 11) is 1.52. The number of nitrogens with one attached hydrogen (secondary N) is 2. The van der Waals surface area contributed by atoms with Crippen molar-refractivity contribution in [1.82, 2.24) is 10.3 Å². The van der Waals surface area contributed by atoms with Gasteiger partial charge in [-0.1, -0.05) is 29.3 Å². The fourth-order valence-electron chi connectivity index (χ4n) is 3.76. The number of aromatic hydroxyl groups is 1. The van der Waals surface area contributed by atoms with Crippen LogP contribution in [0.25, 0.3) is 10.9 Å². The molecule has 0 radical (unpaired) electrons. The lowest BCUT2D eigenvalue weighted by Gasteiger charge is -2.25. The van der Waals surface area contributed by atoms with E-state index in [1.54, 1.807) is 6.07 Å². The number of aryl methyl sites for hydroxylation is 1. The minimum atomic E-state index is 0.